The number of benzene rings is 4. The van der Waals surface area contributed by atoms with E-state index in [1.54, 1.807) is 0 Å². The molecule has 1 saturated carbocycles. The third-order valence-electron chi connectivity index (χ3n) is 6.33. The SMILES string of the molecule is Fc1cc(-c2ccc(CC3CC3)cc2)ccc1-c1cc(F)c(C(F)(F)Oc2cc(F)c(F)c(F)c2)c(F)c1. The first-order valence-electron chi connectivity index (χ1n) is 11.6. The van der Waals surface area contributed by atoms with Gasteiger partial charge in [0.05, 0.1) is 0 Å². The fourth-order valence-electron chi connectivity index (χ4n) is 4.21. The molecule has 38 heavy (non-hydrogen) atoms. The van der Waals surface area contributed by atoms with Gasteiger partial charge in [0.15, 0.2) is 17.5 Å². The van der Waals surface area contributed by atoms with E-state index in [9.17, 15) is 35.1 Å². The Morgan fingerprint density at radius 1 is 0.632 bits per heavy atom. The largest absolute Gasteiger partial charge is 0.432 e. The van der Waals surface area contributed by atoms with Crippen LogP contribution < -0.4 is 4.74 Å². The average molecular weight is 534 g/mol. The molecule has 5 rings (SSSR count). The van der Waals surface area contributed by atoms with Gasteiger partial charge in [0.2, 0.25) is 0 Å². The molecule has 0 atom stereocenters. The maximum Gasteiger partial charge on any atom is 0.432 e. The molecule has 0 spiro atoms. The van der Waals surface area contributed by atoms with E-state index in [1.807, 2.05) is 24.3 Å². The molecule has 4 aromatic rings. The van der Waals surface area contributed by atoms with E-state index >= 15 is 0 Å². The average Bonchev–Trinajstić information content (AvgIpc) is 3.66. The van der Waals surface area contributed by atoms with Crippen molar-refractivity contribution in [2.24, 2.45) is 5.92 Å². The monoisotopic (exact) mass is 534 g/mol. The second-order valence-corrected chi connectivity index (χ2v) is 9.17. The van der Waals surface area contributed by atoms with Crippen LogP contribution in [-0.2, 0) is 12.5 Å². The van der Waals surface area contributed by atoms with Crippen molar-refractivity contribution in [1.82, 2.24) is 0 Å². The lowest BCUT2D eigenvalue weighted by atomic mass is 9.97. The third kappa shape index (κ3) is 5.23. The zero-order valence-corrected chi connectivity index (χ0v) is 19.5. The number of rotatable bonds is 7. The molecule has 1 nitrogen and oxygen atoms in total. The van der Waals surface area contributed by atoms with Crippen LogP contribution >= 0.6 is 0 Å². The first kappa shape index (κ1) is 25.8. The van der Waals surface area contributed by atoms with E-state index in [0.717, 1.165) is 12.0 Å². The molecule has 196 valence electrons. The van der Waals surface area contributed by atoms with Gasteiger partial charge in [-0.15, -0.1) is 0 Å². The van der Waals surface area contributed by atoms with E-state index in [-0.39, 0.29) is 23.3 Å². The number of hydrogen-bond donors (Lipinski definition) is 0. The summed E-state index contributed by atoms with van der Waals surface area (Å²) < 4.78 is 117. The standard InChI is InChI=1S/C29H18F8O/c30-22-10-18(17-5-3-16(4-6-17)9-15-1-2-15)7-8-21(22)19-11-23(31)27(24(32)12-19)29(36,37)38-20-13-25(33)28(35)26(34)14-20/h3-8,10-15H,1-2,9H2. The first-order chi connectivity index (χ1) is 18.0. The van der Waals surface area contributed by atoms with Crippen molar-refractivity contribution in [3.05, 3.63) is 113 Å². The second kappa shape index (κ2) is 9.78. The Hall–Kier alpha value is -3.88. The van der Waals surface area contributed by atoms with Gasteiger partial charge in [-0.25, -0.2) is 26.3 Å². The normalized spacial score (nSPS) is 13.6. The Kier molecular flexibility index (Phi) is 6.63. The minimum Gasteiger partial charge on any atom is -0.429 e. The molecule has 9 heteroatoms. The van der Waals surface area contributed by atoms with E-state index < -0.39 is 52.3 Å². The number of hydrogen-bond acceptors (Lipinski definition) is 1. The van der Waals surface area contributed by atoms with Crippen molar-refractivity contribution in [3.8, 4) is 28.0 Å². The van der Waals surface area contributed by atoms with Gasteiger partial charge in [-0.1, -0.05) is 36.4 Å². The maximum atomic E-state index is 15.0. The summed E-state index contributed by atoms with van der Waals surface area (Å²) >= 11 is 0. The summed E-state index contributed by atoms with van der Waals surface area (Å²) in [6.07, 6.45) is -1.31. The molecule has 1 fully saturated rings. The lowest BCUT2D eigenvalue weighted by Gasteiger charge is -2.20. The van der Waals surface area contributed by atoms with E-state index in [0.29, 0.717) is 23.6 Å². The molecule has 0 amide bonds. The highest BCUT2D eigenvalue weighted by molar-refractivity contribution is 5.71. The van der Waals surface area contributed by atoms with Crippen molar-refractivity contribution in [2.45, 2.75) is 25.4 Å². The van der Waals surface area contributed by atoms with Crippen LogP contribution in [0, 0.1) is 40.8 Å². The first-order valence-corrected chi connectivity index (χ1v) is 11.6. The maximum absolute atomic E-state index is 15.0. The van der Waals surface area contributed by atoms with Crippen LogP contribution in [0.25, 0.3) is 22.3 Å². The van der Waals surface area contributed by atoms with Crippen LogP contribution in [0.1, 0.15) is 24.0 Å². The minimum absolute atomic E-state index is 0.105. The van der Waals surface area contributed by atoms with Gasteiger partial charge in [0.1, 0.15) is 28.8 Å². The number of ether oxygens (including phenoxy) is 1. The Bertz CT molecular complexity index is 1460. The summed E-state index contributed by atoms with van der Waals surface area (Å²) in [6, 6.07) is 12.8. The van der Waals surface area contributed by atoms with E-state index in [2.05, 4.69) is 4.74 Å². The Labute approximate surface area is 212 Å². The van der Waals surface area contributed by atoms with Crippen molar-refractivity contribution >= 4 is 0 Å². The summed E-state index contributed by atoms with van der Waals surface area (Å²) in [5.41, 5.74) is -0.0455. The molecule has 1 aliphatic rings. The summed E-state index contributed by atoms with van der Waals surface area (Å²) in [6.45, 7) is 0. The van der Waals surface area contributed by atoms with Gasteiger partial charge < -0.3 is 4.74 Å². The summed E-state index contributed by atoms with van der Waals surface area (Å²) in [5.74, 6) is -10.5. The number of halogens is 8. The van der Waals surface area contributed by atoms with Crippen LogP contribution in [0.15, 0.2) is 66.7 Å². The van der Waals surface area contributed by atoms with Gasteiger partial charge in [0, 0.05) is 17.7 Å². The lowest BCUT2D eigenvalue weighted by molar-refractivity contribution is -0.189. The van der Waals surface area contributed by atoms with Crippen molar-refractivity contribution in [3.63, 3.8) is 0 Å². The highest BCUT2D eigenvalue weighted by atomic mass is 19.3. The van der Waals surface area contributed by atoms with Gasteiger partial charge >= 0.3 is 6.11 Å². The van der Waals surface area contributed by atoms with Crippen LogP contribution in [-0.4, -0.2) is 0 Å². The van der Waals surface area contributed by atoms with Gasteiger partial charge in [-0.2, -0.15) is 8.78 Å². The molecule has 0 N–H and O–H groups in total. The van der Waals surface area contributed by atoms with Crippen LogP contribution in [0.4, 0.5) is 35.1 Å². The topological polar surface area (TPSA) is 9.23 Å². The minimum atomic E-state index is -4.74. The smallest absolute Gasteiger partial charge is 0.429 e. The van der Waals surface area contributed by atoms with Crippen LogP contribution in [0.3, 0.4) is 0 Å². The highest BCUT2D eigenvalue weighted by Gasteiger charge is 2.41. The lowest BCUT2D eigenvalue weighted by Crippen LogP contribution is -2.25. The van der Waals surface area contributed by atoms with Gasteiger partial charge in [-0.3, -0.25) is 0 Å². The number of alkyl halides is 2. The molecule has 0 heterocycles. The van der Waals surface area contributed by atoms with Crippen molar-refractivity contribution in [2.75, 3.05) is 0 Å². The molecule has 4 aromatic carbocycles. The molecular weight excluding hydrogens is 516 g/mol. The fraction of sp³-hybridized carbons (Fsp3) is 0.172. The second-order valence-electron chi connectivity index (χ2n) is 9.17. The van der Waals surface area contributed by atoms with Gasteiger partial charge in [0.25, 0.3) is 0 Å². The molecule has 0 bridgehead atoms. The zero-order chi connectivity index (χ0) is 27.2. The molecule has 0 radical (unpaired) electrons. The molecular formula is C29H18F8O. The summed E-state index contributed by atoms with van der Waals surface area (Å²) in [7, 11) is 0. The Morgan fingerprint density at radius 3 is 1.74 bits per heavy atom. The molecule has 0 unspecified atom stereocenters. The summed E-state index contributed by atoms with van der Waals surface area (Å²) in [5, 5.41) is 0. The predicted octanol–water partition coefficient (Wildman–Crippen LogP) is 8.94. The molecule has 1 aliphatic carbocycles. The molecule has 0 saturated heterocycles. The molecule has 0 aromatic heterocycles. The predicted molar refractivity (Wildman–Crippen MR) is 124 cm³/mol. The van der Waals surface area contributed by atoms with E-state index in [4.69, 9.17) is 0 Å². The van der Waals surface area contributed by atoms with Crippen molar-refractivity contribution < 1.29 is 39.9 Å². The van der Waals surface area contributed by atoms with Crippen LogP contribution in [0.2, 0.25) is 0 Å². The molecule has 0 aliphatic heterocycles. The zero-order valence-electron chi connectivity index (χ0n) is 19.5. The third-order valence-corrected chi connectivity index (χ3v) is 6.33. The highest BCUT2D eigenvalue weighted by Crippen LogP contribution is 2.38. The fourth-order valence-corrected chi connectivity index (χ4v) is 4.21. The van der Waals surface area contributed by atoms with Crippen molar-refractivity contribution in [1.29, 1.82) is 0 Å². The quantitative estimate of drug-likeness (QED) is 0.170. The van der Waals surface area contributed by atoms with E-state index in [1.165, 1.54) is 36.6 Å². The Balaban J connectivity index is 1.41. The van der Waals surface area contributed by atoms with Gasteiger partial charge in [-0.05, 0) is 65.6 Å². The van der Waals surface area contributed by atoms with Crippen LogP contribution in [0.5, 0.6) is 5.75 Å². The Morgan fingerprint density at radius 2 is 1.18 bits per heavy atom. The summed E-state index contributed by atoms with van der Waals surface area (Å²) in [4.78, 5) is 0.